The fraction of sp³-hybridized carbons (Fsp3) is 0.133. The largest absolute Gasteiger partial charge is 0.294 e. The summed E-state index contributed by atoms with van der Waals surface area (Å²) in [7, 11) is 0. The molecule has 0 spiro atoms. The van der Waals surface area contributed by atoms with Crippen molar-refractivity contribution in [2.24, 2.45) is 0 Å². The lowest BCUT2D eigenvalue weighted by molar-refractivity contribution is 0.0987. The van der Waals surface area contributed by atoms with Crippen LogP contribution < -0.4 is 0 Å². The molecule has 0 saturated heterocycles. The zero-order valence-electron chi connectivity index (χ0n) is 9.61. The molecule has 0 fully saturated rings. The van der Waals surface area contributed by atoms with E-state index in [1.807, 2.05) is 55.5 Å². The van der Waals surface area contributed by atoms with Gasteiger partial charge < -0.3 is 0 Å². The Hall–Kier alpha value is -1.41. The van der Waals surface area contributed by atoms with Crippen LogP contribution in [0.4, 0.5) is 0 Å². The first-order chi connectivity index (χ1) is 8.22. The van der Waals surface area contributed by atoms with Crippen LogP contribution in [0.2, 0.25) is 0 Å². The number of benzene rings is 2. The molecule has 0 amide bonds. The highest BCUT2D eigenvalue weighted by Crippen LogP contribution is 2.26. The Labute approximate surface area is 110 Å². The minimum absolute atomic E-state index is 0.162. The molecular weight excluding hydrogens is 276 g/mol. The van der Waals surface area contributed by atoms with Crippen molar-refractivity contribution < 1.29 is 4.79 Å². The van der Waals surface area contributed by atoms with Crippen molar-refractivity contribution in [3.8, 4) is 11.1 Å². The lowest BCUT2D eigenvalue weighted by atomic mass is 10.0. The lowest BCUT2D eigenvalue weighted by Gasteiger charge is -2.06. The number of hydrogen-bond acceptors (Lipinski definition) is 1. The zero-order chi connectivity index (χ0) is 12.3. The second kappa shape index (κ2) is 5.28. The van der Waals surface area contributed by atoms with Gasteiger partial charge in [0.1, 0.15) is 0 Å². The normalized spacial score (nSPS) is 10.2. The summed E-state index contributed by atoms with van der Waals surface area (Å²) in [5.41, 5.74) is 2.96. The molecule has 0 radical (unpaired) electrons. The maximum atomic E-state index is 11.8. The molecule has 0 aliphatic carbocycles. The highest BCUT2D eigenvalue weighted by atomic mass is 79.9. The molecule has 17 heavy (non-hydrogen) atoms. The summed E-state index contributed by atoms with van der Waals surface area (Å²) < 4.78 is 0.865. The van der Waals surface area contributed by atoms with Crippen molar-refractivity contribution in [2.75, 3.05) is 0 Å². The molecule has 0 atom stereocenters. The Morgan fingerprint density at radius 1 is 1.06 bits per heavy atom. The van der Waals surface area contributed by atoms with Gasteiger partial charge in [-0.05, 0) is 23.3 Å². The number of halogens is 1. The Morgan fingerprint density at radius 2 is 1.76 bits per heavy atom. The molecule has 0 N–H and O–H groups in total. The van der Waals surface area contributed by atoms with Crippen LogP contribution in [0.3, 0.4) is 0 Å². The van der Waals surface area contributed by atoms with E-state index in [2.05, 4.69) is 15.9 Å². The molecule has 2 rings (SSSR count). The molecule has 0 unspecified atom stereocenters. The molecule has 1 nitrogen and oxygen atoms in total. The Morgan fingerprint density at radius 3 is 2.41 bits per heavy atom. The smallest absolute Gasteiger partial charge is 0.163 e. The first kappa shape index (κ1) is 12.1. The minimum atomic E-state index is 0.162. The minimum Gasteiger partial charge on any atom is -0.294 e. The number of Topliss-reactive ketones (excluding diaryl/α,β-unsaturated/α-hetero) is 1. The predicted octanol–water partition coefficient (Wildman–Crippen LogP) is 4.71. The molecule has 2 aromatic carbocycles. The fourth-order valence-corrected chi connectivity index (χ4v) is 2.21. The van der Waals surface area contributed by atoms with Gasteiger partial charge in [-0.25, -0.2) is 0 Å². The van der Waals surface area contributed by atoms with E-state index in [1.54, 1.807) is 0 Å². The summed E-state index contributed by atoms with van der Waals surface area (Å²) >= 11 is 3.42. The molecule has 0 aliphatic heterocycles. The van der Waals surface area contributed by atoms with E-state index >= 15 is 0 Å². The molecule has 2 heteroatoms. The number of rotatable bonds is 3. The average molecular weight is 289 g/mol. The van der Waals surface area contributed by atoms with Crippen molar-refractivity contribution in [1.82, 2.24) is 0 Å². The first-order valence-corrected chi connectivity index (χ1v) is 6.40. The van der Waals surface area contributed by atoms with E-state index in [0.717, 1.165) is 21.2 Å². The van der Waals surface area contributed by atoms with Gasteiger partial charge in [0.05, 0.1) is 0 Å². The number of carbonyl (C=O) groups is 1. The van der Waals surface area contributed by atoms with Gasteiger partial charge in [-0.15, -0.1) is 0 Å². The maximum Gasteiger partial charge on any atom is 0.163 e. The maximum absolute atomic E-state index is 11.8. The third-order valence-corrected chi connectivity index (χ3v) is 3.39. The quantitative estimate of drug-likeness (QED) is 0.748. The van der Waals surface area contributed by atoms with Crippen LogP contribution in [-0.2, 0) is 0 Å². The van der Waals surface area contributed by atoms with Crippen LogP contribution in [0.5, 0.6) is 0 Å². The second-order valence-electron chi connectivity index (χ2n) is 3.84. The van der Waals surface area contributed by atoms with E-state index < -0.39 is 0 Å². The fourth-order valence-electron chi connectivity index (χ4n) is 1.74. The van der Waals surface area contributed by atoms with Gasteiger partial charge in [-0.1, -0.05) is 59.3 Å². The highest BCUT2D eigenvalue weighted by Gasteiger charge is 2.09. The number of carbonyl (C=O) groups excluding carboxylic acids is 1. The topological polar surface area (TPSA) is 17.1 Å². The van der Waals surface area contributed by atoms with Gasteiger partial charge >= 0.3 is 0 Å². The molecule has 2 aromatic rings. The molecular formula is C15H13BrO. The lowest BCUT2D eigenvalue weighted by Crippen LogP contribution is -1.98. The van der Waals surface area contributed by atoms with Crippen molar-refractivity contribution in [2.45, 2.75) is 13.3 Å². The van der Waals surface area contributed by atoms with Crippen LogP contribution in [0.1, 0.15) is 23.7 Å². The average Bonchev–Trinajstić information content (AvgIpc) is 2.39. The third-order valence-electron chi connectivity index (χ3n) is 2.70. The Kier molecular flexibility index (Phi) is 3.75. The van der Waals surface area contributed by atoms with Gasteiger partial charge in [-0.2, -0.15) is 0 Å². The van der Waals surface area contributed by atoms with Crippen molar-refractivity contribution in [3.63, 3.8) is 0 Å². The van der Waals surface area contributed by atoms with Crippen LogP contribution in [0.25, 0.3) is 11.1 Å². The monoisotopic (exact) mass is 288 g/mol. The standard InChI is InChI=1S/C15H13BrO/c1-2-15(17)13-10-12(8-9-14(13)16)11-6-4-3-5-7-11/h3-10H,2H2,1H3. The van der Waals surface area contributed by atoms with Crippen LogP contribution >= 0.6 is 15.9 Å². The summed E-state index contributed by atoms with van der Waals surface area (Å²) in [6.45, 7) is 1.88. The van der Waals surface area contributed by atoms with E-state index in [1.165, 1.54) is 0 Å². The predicted molar refractivity (Wildman–Crippen MR) is 74.2 cm³/mol. The number of hydrogen-bond donors (Lipinski definition) is 0. The van der Waals surface area contributed by atoms with Gasteiger partial charge in [0, 0.05) is 16.5 Å². The molecule has 0 aliphatic rings. The molecule has 0 bridgehead atoms. The van der Waals surface area contributed by atoms with Crippen molar-refractivity contribution in [3.05, 3.63) is 58.6 Å². The van der Waals surface area contributed by atoms with Gasteiger partial charge in [-0.3, -0.25) is 4.79 Å². The summed E-state index contributed by atoms with van der Waals surface area (Å²) in [5.74, 6) is 0.162. The highest BCUT2D eigenvalue weighted by molar-refractivity contribution is 9.10. The summed E-state index contributed by atoms with van der Waals surface area (Å²) in [4.78, 5) is 11.8. The van der Waals surface area contributed by atoms with Gasteiger partial charge in [0.15, 0.2) is 5.78 Å². The second-order valence-corrected chi connectivity index (χ2v) is 4.69. The number of ketones is 1. The third kappa shape index (κ3) is 2.64. The van der Waals surface area contributed by atoms with Crippen molar-refractivity contribution >= 4 is 21.7 Å². The van der Waals surface area contributed by atoms with Crippen LogP contribution in [0, 0.1) is 0 Å². The summed E-state index contributed by atoms with van der Waals surface area (Å²) in [6.07, 6.45) is 0.525. The molecule has 86 valence electrons. The Bertz CT molecular complexity index is 532. The van der Waals surface area contributed by atoms with E-state index in [0.29, 0.717) is 6.42 Å². The van der Waals surface area contributed by atoms with Gasteiger partial charge in [0.2, 0.25) is 0 Å². The van der Waals surface area contributed by atoms with Crippen LogP contribution in [-0.4, -0.2) is 5.78 Å². The first-order valence-electron chi connectivity index (χ1n) is 5.60. The van der Waals surface area contributed by atoms with Gasteiger partial charge in [0.25, 0.3) is 0 Å². The van der Waals surface area contributed by atoms with E-state index in [-0.39, 0.29) is 5.78 Å². The molecule has 0 aromatic heterocycles. The van der Waals surface area contributed by atoms with Crippen molar-refractivity contribution in [1.29, 1.82) is 0 Å². The van der Waals surface area contributed by atoms with E-state index in [4.69, 9.17) is 0 Å². The van der Waals surface area contributed by atoms with Crippen LogP contribution in [0.15, 0.2) is 53.0 Å². The SMILES string of the molecule is CCC(=O)c1cc(-c2ccccc2)ccc1Br. The molecule has 0 heterocycles. The summed E-state index contributed by atoms with van der Waals surface area (Å²) in [6, 6.07) is 16.0. The Balaban J connectivity index is 2.48. The zero-order valence-corrected chi connectivity index (χ0v) is 11.2. The molecule has 0 saturated carbocycles. The summed E-state index contributed by atoms with van der Waals surface area (Å²) in [5, 5.41) is 0. The van der Waals surface area contributed by atoms with E-state index in [9.17, 15) is 4.79 Å².